The minimum atomic E-state index is -2.48. The van der Waals surface area contributed by atoms with Gasteiger partial charge in [0.1, 0.15) is 0 Å². The van der Waals surface area contributed by atoms with E-state index in [4.69, 9.17) is 17.0 Å². The number of halogens is 2. The Bertz CT molecular complexity index is 1020. The van der Waals surface area contributed by atoms with E-state index >= 15 is 0 Å². The molecule has 0 fully saturated rings. The van der Waals surface area contributed by atoms with Crippen molar-refractivity contribution < 1.29 is 19.4 Å². The SMILES string of the molecule is CCCC1=Cc2c(ccc(C)c2-c2ccccc2-c2ccccc2)[CH]1[Zr]([Cl])[Cl]. The topological polar surface area (TPSA) is 0 Å². The van der Waals surface area contributed by atoms with E-state index in [1.54, 1.807) is 0 Å². The Morgan fingerprint density at radius 3 is 2.21 bits per heavy atom. The summed E-state index contributed by atoms with van der Waals surface area (Å²) in [5, 5.41) is 0. The summed E-state index contributed by atoms with van der Waals surface area (Å²) in [6.45, 7) is 4.43. The van der Waals surface area contributed by atoms with E-state index in [1.165, 1.54) is 44.5 Å². The zero-order valence-electron chi connectivity index (χ0n) is 16.2. The molecule has 0 amide bonds. The molecule has 3 aromatic rings. The van der Waals surface area contributed by atoms with E-state index in [9.17, 15) is 0 Å². The van der Waals surface area contributed by atoms with Gasteiger partial charge < -0.3 is 0 Å². The predicted molar refractivity (Wildman–Crippen MR) is 119 cm³/mol. The molecule has 3 heteroatoms. The van der Waals surface area contributed by atoms with Gasteiger partial charge in [0, 0.05) is 0 Å². The zero-order chi connectivity index (χ0) is 19.7. The van der Waals surface area contributed by atoms with E-state index in [0.717, 1.165) is 12.8 Å². The molecule has 0 heterocycles. The molecule has 3 aromatic carbocycles. The number of benzene rings is 3. The van der Waals surface area contributed by atoms with Crippen LogP contribution < -0.4 is 0 Å². The molecule has 0 N–H and O–H groups in total. The Hall–Kier alpha value is -1.14. The van der Waals surface area contributed by atoms with E-state index in [2.05, 4.69) is 86.7 Å². The summed E-state index contributed by atoms with van der Waals surface area (Å²) in [6.07, 6.45) is 4.58. The summed E-state index contributed by atoms with van der Waals surface area (Å²) in [7, 11) is 13.3. The zero-order valence-corrected chi connectivity index (χ0v) is 20.1. The van der Waals surface area contributed by atoms with Gasteiger partial charge in [-0.3, -0.25) is 0 Å². The molecule has 0 radical (unpaired) electrons. The Kier molecular flexibility index (Phi) is 6.26. The second-order valence-electron chi connectivity index (χ2n) is 7.36. The Morgan fingerprint density at radius 1 is 0.857 bits per heavy atom. The van der Waals surface area contributed by atoms with Crippen LogP contribution in [0.15, 0.2) is 72.3 Å². The van der Waals surface area contributed by atoms with Crippen LogP contribution >= 0.6 is 17.0 Å². The van der Waals surface area contributed by atoms with Crippen LogP contribution in [0.3, 0.4) is 0 Å². The Morgan fingerprint density at radius 2 is 1.54 bits per heavy atom. The van der Waals surface area contributed by atoms with Crippen LogP contribution in [0.5, 0.6) is 0 Å². The van der Waals surface area contributed by atoms with Crippen molar-refractivity contribution in [1.82, 2.24) is 0 Å². The first-order valence-corrected chi connectivity index (χ1v) is 17.5. The third-order valence-corrected chi connectivity index (χ3v) is 10.9. The van der Waals surface area contributed by atoms with Crippen molar-refractivity contribution in [3.05, 3.63) is 89.0 Å². The summed E-state index contributed by atoms with van der Waals surface area (Å²) in [4.78, 5) is 0. The van der Waals surface area contributed by atoms with Crippen LogP contribution in [-0.4, -0.2) is 0 Å². The van der Waals surface area contributed by atoms with E-state index < -0.39 is 19.4 Å². The molecular weight excluding hydrogens is 462 g/mol. The molecule has 1 atom stereocenters. The molecule has 0 saturated carbocycles. The van der Waals surface area contributed by atoms with Gasteiger partial charge in [-0.25, -0.2) is 0 Å². The molecule has 0 spiro atoms. The van der Waals surface area contributed by atoms with Crippen molar-refractivity contribution >= 4 is 23.1 Å². The van der Waals surface area contributed by atoms with Gasteiger partial charge in [-0.05, 0) is 0 Å². The van der Waals surface area contributed by atoms with Crippen LogP contribution in [0.1, 0.15) is 40.1 Å². The first-order chi connectivity index (χ1) is 13.6. The van der Waals surface area contributed by atoms with Gasteiger partial charge in [-0.2, -0.15) is 0 Å². The third kappa shape index (κ3) is 3.70. The van der Waals surface area contributed by atoms with Crippen LogP contribution in [0.4, 0.5) is 0 Å². The predicted octanol–water partition coefficient (Wildman–Crippen LogP) is 8.49. The van der Waals surface area contributed by atoms with Gasteiger partial charge in [0.15, 0.2) is 0 Å². The van der Waals surface area contributed by atoms with Crippen molar-refractivity contribution in [3.63, 3.8) is 0 Å². The standard InChI is InChI=1S/C25H23.2ClH.Zr/c1-3-9-19-16-21-15-14-18(2)25(24(21)17-19)23-13-8-7-12-22(23)20-10-5-4-6-11-20;;;/h4-8,10-17H,3,9H2,1-2H3;2*1H;/q;;;+2/p-2. The molecule has 0 aliphatic heterocycles. The Labute approximate surface area is 183 Å². The Balaban J connectivity index is 1.95. The fourth-order valence-electron chi connectivity index (χ4n) is 4.31. The first kappa shape index (κ1) is 20.1. The molecule has 0 nitrogen and oxygen atoms in total. The van der Waals surface area contributed by atoms with Crippen molar-refractivity contribution in [2.24, 2.45) is 0 Å². The second-order valence-corrected chi connectivity index (χ2v) is 16.2. The number of rotatable bonds is 5. The second kappa shape index (κ2) is 8.70. The van der Waals surface area contributed by atoms with Crippen molar-refractivity contribution in [2.75, 3.05) is 0 Å². The summed E-state index contributed by atoms with van der Waals surface area (Å²) in [6, 6.07) is 23.8. The first-order valence-electron chi connectivity index (χ1n) is 9.78. The number of hydrogen-bond donors (Lipinski definition) is 0. The van der Waals surface area contributed by atoms with Gasteiger partial charge in [-0.1, -0.05) is 0 Å². The molecule has 0 bridgehead atoms. The van der Waals surface area contributed by atoms with Gasteiger partial charge in [0.05, 0.1) is 0 Å². The van der Waals surface area contributed by atoms with Crippen LogP contribution in [0.25, 0.3) is 28.3 Å². The van der Waals surface area contributed by atoms with Gasteiger partial charge >= 0.3 is 184 Å². The maximum atomic E-state index is 6.63. The molecule has 0 aromatic heterocycles. The van der Waals surface area contributed by atoms with E-state index in [0.29, 0.717) is 0 Å². The van der Waals surface area contributed by atoms with Crippen LogP contribution in [-0.2, 0) is 19.4 Å². The number of aryl methyl sites for hydroxylation is 1. The number of hydrogen-bond acceptors (Lipinski definition) is 0. The normalized spacial score (nSPS) is 15.3. The minimum absolute atomic E-state index is 0.281. The molecule has 1 unspecified atom stereocenters. The van der Waals surface area contributed by atoms with Crippen molar-refractivity contribution in [1.29, 1.82) is 0 Å². The third-order valence-electron chi connectivity index (χ3n) is 5.54. The molecule has 1 aliphatic carbocycles. The van der Waals surface area contributed by atoms with E-state index in [-0.39, 0.29) is 3.63 Å². The molecular formula is C25H23Cl2Zr. The number of allylic oxidation sites excluding steroid dienone is 1. The van der Waals surface area contributed by atoms with Crippen LogP contribution in [0.2, 0.25) is 0 Å². The average Bonchev–Trinajstić information content (AvgIpc) is 3.07. The van der Waals surface area contributed by atoms with Gasteiger partial charge in [0.2, 0.25) is 0 Å². The van der Waals surface area contributed by atoms with Crippen molar-refractivity contribution in [3.8, 4) is 22.3 Å². The quantitative estimate of drug-likeness (QED) is 0.340. The fourth-order valence-corrected chi connectivity index (χ4v) is 9.81. The summed E-state index contributed by atoms with van der Waals surface area (Å²) >= 11 is -2.48. The molecule has 4 rings (SSSR count). The summed E-state index contributed by atoms with van der Waals surface area (Å²) in [5.41, 5.74) is 10.5. The van der Waals surface area contributed by atoms with Crippen molar-refractivity contribution in [2.45, 2.75) is 30.3 Å². The molecule has 0 saturated heterocycles. The summed E-state index contributed by atoms with van der Waals surface area (Å²) in [5.74, 6) is 0. The fraction of sp³-hybridized carbons (Fsp3) is 0.200. The molecule has 28 heavy (non-hydrogen) atoms. The van der Waals surface area contributed by atoms with Crippen LogP contribution in [0, 0.1) is 6.92 Å². The monoisotopic (exact) mass is 483 g/mol. The van der Waals surface area contributed by atoms with Gasteiger partial charge in [0.25, 0.3) is 0 Å². The average molecular weight is 486 g/mol. The van der Waals surface area contributed by atoms with E-state index in [1.807, 2.05) is 0 Å². The molecule has 141 valence electrons. The number of fused-ring (bicyclic) bond motifs is 1. The molecule has 1 aliphatic rings. The maximum absolute atomic E-state index is 6.63. The summed E-state index contributed by atoms with van der Waals surface area (Å²) < 4.78 is 0.281. The van der Waals surface area contributed by atoms with Gasteiger partial charge in [-0.15, -0.1) is 0 Å².